The van der Waals surface area contributed by atoms with E-state index in [0.717, 1.165) is 12.8 Å². The number of furan rings is 1. The van der Waals surface area contributed by atoms with Crippen LogP contribution in [-0.2, 0) is 4.79 Å². The minimum absolute atomic E-state index is 0.0408. The Balaban J connectivity index is 0.00000136. The number of carbonyl (C=O) groups excluding carboxylic acids is 2. The van der Waals surface area contributed by atoms with Gasteiger partial charge < -0.3 is 25.3 Å². The maximum atomic E-state index is 14.2. The van der Waals surface area contributed by atoms with Crippen molar-refractivity contribution >= 4 is 22.8 Å². The zero-order valence-electron chi connectivity index (χ0n) is 16.6. The van der Waals surface area contributed by atoms with E-state index in [-0.39, 0.29) is 22.7 Å². The first-order valence-electron chi connectivity index (χ1n) is 9.34. The summed E-state index contributed by atoms with van der Waals surface area (Å²) < 4.78 is 25.2. The molecule has 8 heteroatoms. The van der Waals surface area contributed by atoms with E-state index < -0.39 is 29.8 Å². The van der Waals surface area contributed by atoms with Crippen LogP contribution in [0.5, 0.6) is 5.75 Å². The minimum atomic E-state index is -1.63. The molecule has 3 rings (SSSR count). The summed E-state index contributed by atoms with van der Waals surface area (Å²) in [5.74, 6) is -1.37. The van der Waals surface area contributed by atoms with Gasteiger partial charge in [-0.15, -0.1) is 0 Å². The number of nitrogens with two attached hydrogens (primary N) is 1. The summed E-state index contributed by atoms with van der Waals surface area (Å²) in [4.78, 5) is 24.2. The molecule has 2 aromatic rings. The highest BCUT2D eigenvalue weighted by atomic mass is 19.1. The van der Waals surface area contributed by atoms with Crippen molar-refractivity contribution in [2.75, 3.05) is 13.2 Å². The lowest BCUT2D eigenvalue weighted by molar-refractivity contribution is -0.124. The number of ether oxygens (including phenoxy) is 1. The summed E-state index contributed by atoms with van der Waals surface area (Å²) in [6.45, 7) is 6.63. The molecule has 4 N–H and O–H groups in total. The molecule has 28 heavy (non-hydrogen) atoms. The minimum Gasteiger partial charge on any atom is -0.490 e. The van der Waals surface area contributed by atoms with Gasteiger partial charge in [-0.25, -0.2) is 4.39 Å². The molecule has 0 radical (unpaired) electrons. The number of rotatable bonds is 7. The van der Waals surface area contributed by atoms with Crippen LogP contribution in [0.3, 0.4) is 0 Å². The molecule has 1 saturated carbocycles. The molecule has 7 nitrogen and oxygen atoms in total. The van der Waals surface area contributed by atoms with Gasteiger partial charge in [-0.05, 0) is 38.7 Å². The molecule has 1 unspecified atom stereocenters. The molecule has 154 valence electrons. The van der Waals surface area contributed by atoms with Gasteiger partial charge in [0, 0.05) is 11.5 Å². The highest BCUT2D eigenvalue weighted by Gasteiger charge is 2.34. The molecule has 0 saturated heterocycles. The Hall–Kier alpha value is -2.61. The first-order valence-corrected chi connectivity index (χ1v) is 9.34. The number of hydrogen-bond acceptors (Lipinski definition) is 5. The second-order valence-corrected chi connectivity index (χ2v) is 6.88. The standard InChI is InChI=1S/C18H21FN2O5.C2H6/c1-9-15(16(23)21-18(2,8-22)17(20)24)11-5-14(25-7-10-3-4-10)12(19)6-13(11)26-9;1-2/h5-6,10,22H,3-4,7-8H2,1-2H3,(H2,20,24)(H,21,23);1-2H3. The molecule has 1 heterocycles. The summed E-state index contributed by atoms with van der Waals surface area (Å²) >= 11 is 0. The maximum Gasteiger partial charge on any atom is 0.256 e. The number of halogens is 1. The summed E-state index contributed by atoms with van der Waals surface area (Å²) in [7, 11) is 0. The summed E-state index contributed by atoms with van der Waals surface area (Å²) in [6, 6.07) is 2.58. The zero-order valence-corrected chi connectivity index (χ0v) is 16.6. The van der Waals surface area contributed by atoms with Crippen molar-refractivity contribution < 1.29 is 28.2 Å². The highest BCUT2D eigenvalue weighted by Crippen LogP contribution is 2.34. The first-order chi connectivity index (χ1) is 13.2. The predicted molar refractivity (Wildman–Crippen MR) is 103 cm³/mol. The van der Waals surface area contributed by atoms with Crippen LogP contribution in [0.4, 0.5) is 4.39 Å². The topological polar surface area (TPSA) is 115 Å². The van der Waals surface area contributed by atoms with Gasteiger partial charge in [0.2, 0.25) is 5.91 Å². The van der Waals surface area contributed by atoms with Crippen LogP contribution in [0, 0.1) is 18.7 Å². The van der Waals surface area contributed by atoms with Crippen molar-refractivity contribution in [3.05, 3.63) is 29.3 Å². The van der Waals surface area contributed by atoms with E-state index in [0.29, 0.717) is 17.9 Å². The lowest BCUT2D eigenvalue weighted by Gasteiger charge is -2.24. The molecule has 1 atom stereocenters. The van der Waals surface area contributed by atoms with E-state index in [1.165, 1.54) is 19.1 Å². The summed E-state index contributed by atoms with van der Waals surface area (Å²) in [5, 5.41) is 12.2. The van der Waals surface area contributed by atoms with Crippen LogP contribution in [0.25, 0.3) is 11.0 Å². The zero-order chi connectivity index (χ0) is 21.1. The normalized spacial score (nSPS) is 15.4. The number of fused-ring (bicyclic) bond motifs is 1. The maximum absolute atomic E-state index is 14.2. The summed E-state index contributed by atoms with van der Waals surface area (Å²) in [6.07, 6.45) is 2.13. The number of primary amides is 1. The first kappa shape index (κ1) is 21.7. The van der Waals surface area contributed by atoms with Crippen molar-refractivity contribution in [1.29, 1.82) is 0 Å². The largest absolute Gasteiger partial charge is 0.490 e. The average molecular weight is 394 g/mol. The SMILES string of the molecule is CC.Cc1oc2cc(F)c(OCC3CC3)cc2c1C(=O)NC(C)(CO)C(N)=O. The monoisotopic (exact) mass is 394 g/mol. The third-order valence-corrected chi connectivity index (χ3v) is 4.57. The van der Waals surface area contributed by atoms with Gasteiger partial charge in [0.05, 0.1) is 18.8 Å². The van der Waals surface area contributed by atoms with Crippen molar-refractivity contribution in [1.82, 2.24) is 5.32 Å². The Labute approximate surface area is 163 Å². The van der Waals surface area contributed by atoms with Crippen molar-refractivity contribution in [3.8, 4) is 5.75 Å². The smallest absolute Gasteiger partial charge is 0.256 e. The molecule has 0 aliphatic heterocycles. The van der Waals surface area contributed by atoms with Gasteiger partial charge >= 0.3 is 0 Å². The van der Waals surface area contributed by atoms with E-state index >= 15 is 0 Å². The number of aliphatic hydroxyl groups is 1. The van der Waals surface area contributed by atoms with E-state index in [1.807, 2.05) is 13.8 Å². The van der Waals surface area contributed by atoms with Crippen LogP contribution < -0.4 is 15.8 Å². The molecule has 2 amide bonds. The van der Waals surface area contributed by atoms with Crippen LogP contribution in [0.15, 0.2) is 16.5 Å². The summed E-state index contributed by atoms with van der Waals surface area (Å²) in [5.41, 5.74) is 3.94. The molecule has 0 spiro atoms. The van der Waals surface area contributed by atoms with Gasteiger partial charge in [-0.1, -0.05) is 13.8 Å². The number of hydrogen-bond donors (Lipinski definition) is 3. The number of benzene rings is 1. The average Bonchev–Trinajstić information content (AvgIpc) is 3.43. The quantitative estimate of drug-likeness (QED) is 0.668. The van der Waals surface area contributed by atoms with Crippen LogP contribution in [0.2, 0.25) is 0 Å². The molecule has 1 aromatic carbocycles. The molecule has 1 aliphatic rings. The van der Waals surface area contributed by atoms with E-state index in [2.05, 4.69) is 5.32 Å². The Morgan fingerprint density at radius 3 is 2.57 bits per heavy atom. The lowest BCUT2D eigenvalue weighted by atomic mass is 10.0. The molecular formula is C20H27FN2O5. The number of aliphatic hydroxyl groups excluding tert-OH is 1. The van der Waals surface area contributed by atoms with Crippen LogP contribution in [0.1, 0.15) is 49.7 Å². The predicted octanol–water partition coefficient (Wildman–Crippen LogP) is 2.66. The number of amides is 2. The second kappa shape index (κ2) is 8.60. The van der Waals surface area contributed by atoms with Gasteiger partial charge in [-0.2, -0.15) is 0 Å². The third-order valence-electron chi connectivity index (χ3n) is 4.57. The number of carbonyl (C=O) groups is 2. The van der Waals surface area contributed by atoms with Crippen LogP contribution >= 0.6 is 0 Å². The Kier molecular flexibility index (Phi) is 6.66. The van der Waals surface area contributed by atoms with E-state index in [4.69, 9.17) is 14.9 Å². The Bertz CT molecular complexity index is 875. The molecular weight excluding hydrogens is 367 g/mol. The Morgan fingerprint density at radius 2 is 2.04 bits per heavy atom. The van der Waals surface area contributed by atoms with Crippen molar-refractivity contribution in [2.45, 2.75) is 46.1 Å². The fourth-order valence-electron chi connectivity index (χ4n) is 2.60. The molecule has 1 aromatic heterocycles. The molecule has 1 fully saturated rings. The fourth-order valence-corrected chi connectivity index (χ4v) is 2.60. The number of nitrogens with one attached hydrogen (secondary N) is 1. The van der Waals surface area contributed by atoms with E-state index in [1.54, 1.807) is 6.92 Å². The van der Waals surface area contributed by atoms with Gasteiger partial charge in [0.15, 0.2) is 11.6 Å². The molecule has 1 aliphatic carbocycles. The van der Waals surface area contributed by atoms with E-state index in [9.17, 15) is 19.1 Å². The molecule has 0 bridgehead atoms. The second-order valence-electron chi connectivity index (χ2n) is 6.88. The fraction of sp³-hybridized carbons (Fsp3) is 0.500. The highest BCUT2D eigenvalue weighted by molar-refractivity contribution is 6.09. The third kappa shape index (κ3) is 4.44. The van der Waals surface area contributed by atoms with Crippen molar-refractivity contribution in [3.63, 3.8) is 0 Å². The number of aryl methyl sites for hydroxylation is 1. The van der Waals surface area contributed by atoms with Crippen LogP contribution in [-0.4, -0.2) is 35.7 Å². The van der Waals surface area contributed by atoms with Gasteiger partial charge in [0.25, 0.3) is 5.91 Å². The van der Waals surface area contributed by atoms with Gasteiger partial charge in [0.1, 0.15) is 16.9 Å². The van der Waals surface area contributed by atoms with Crippen molar-refractivity contribution in [2.24, 2.45) is 11.7 Å². The lowest BCUT2D eigenvalue weighted by Crippen LogP contribution is -2.57. The Morgan fingerprint density at radius 1 is 1.39 bits per heavy atom. The van der Waals surface area contributed by atoms with Gasteiger partial charge in [-0.3, -0.25) is 9.59 Å².